The van der Waals surface area contributed by atoms with Gasteiger partial charge >= 0.3 is 0 Å². The Morgan fingerprint density at radius 2 is 1.58 bits per heavy atom. The minimum absolute atomic E-state index is 0.563. The maximum absolute atomic E-state index is 6.16. The van der Waals surface area contributed by atoms with Gasteiger partial charge in [-0.15, -0.1) is 0 Å². The molecule has 0 saturated carbocycles. The highest BCUT2D eigenvalue weighted by molar-refractivity contribution is 6.42. The molecule has 4 heteroatoms. The Labute approximate surface area is 120 Å². The Hall–Kier alpha value is -1.77. The van der Waals surface area contributed by atoms with E-state index in [2.05, 4.69) is 4.98 Å². The lowest BCUT2D eigenvalue weighted by Gasteiger charge is -2.09. The Bertz CT molecular complexity index is 721. The number of rotatable bonds is 2. The second kappa shape index (κ2) is 5.08. The fraction of sp³-hybridized carbons (Fsp3) is 0. The van der Waals surface area contributed by atoms with Gasteiger partial charge in [0.2, 0.25) is 0 Å². The predicted molar refractivity (Wildman–Crippen MR) is 78.3 cm³/mol. The Morgan fingerprint density at radius 3 is 2.37 bits per heavy atom. The second-order valence-electron chi connectivity index (χ2n) is 3.98. The third-order valence-corrected chi connectivity index (χ3v) is 3.35. The van der Waals surface area contributed by atoms with E-state index in [1.165, 1.54) is 0 Å². The molecule has 0 aliphatic rings. The van der Waals surface area contributed by atoms with Crippen LogP contribution in [0.15, 0.2) is 54.7 Å². The van der Waals surface area contributed by atoms with Crippen LogP contribution in [0.3, 0.4) is 0 Å². The lowest BCUT2D eigenvalue weighted by atomic mass is 10.2. The van der Waals surface area contributed by atoms with Gasteiger partial charge in [-0.1, -0.05) is 41.4 Å². The van der Waals surface area contributed by atoms with E-state index in [0.717, 1.165) is 5.75 Å². The van der Waals surface area contributed by atoms with Gasteiger partial charge in [0.25, 0.3) is 0 Å². The number of nitrogens with zero attached hydrogens (tertiary/aromatic N) is 1. The van der Waals surface area contributed by atoms with Crippen LogP contribution in [0.25, 0.3) is 10.9 Å². The molecule has 0 aliphatic carbocycles. The normalized spacial score (nSPS) is 10.6. The number of hydrogen-bond acceptors (Lipinski definition) is 2. The van der Waals surface area contributed by atoms with Gasteiger partial charge in [-0.3, -0.25) is 4.98 Å². The third-order valence-electron chi connectivity index (χ3n) is 2.72. The molecule has 1 aromatic heterocycles. The van der Waals surface area contributed by atoms with Crippen molar-refractivity contribution in [2.24, 2.45) is 0 Å². The van der Waals surface area contributed by atoms with E-state index in [1.807, 2.05) is 30.3 Å². The number of pyridine rings is 1. The smallest absolute Gasteiger partial charge is 0.153 e. The Morgan fingerprint density at radius 1 is 0.842 bits per heavy atom. The molecule has 0 unspecified atom stereocenters. The summed E-state index contributed by atoms with van der Waals surface area (Å²) in [4.78, 5) is 4.31. The molecule has 0 aliphatic heterocycles. The molecule has 1 heterocycles. The second-order valence-corrected chi connectivity index (χ2v) is 4.79. The number of halogens is 2. The van der Waals surface area contributed by atoms with Gasteiger partial charge in [0, 0.05) is 11.6 Å². The van der Waals surface area contributed by atoms with Gasteiger partial charge in [0.15, 0.2) is 5.75 Å². The van der Waals surface area contributed by atoms with Crippen molar-refractivity contribution < 1.29 is 4.74 Å². The molecule has 0 radical (unpaired) electrons. The first-order chi connectivity index (χ1) is 9.25. The summed E-state index contributed by atoms with van der Waals surface area (Å²) >= 11 is 12.3. The zero-order chi connectivity index (χ0) is 13.2. The SMILES string of the molecule is Clc1ccnc2c(Oc3ccccc3)ccc(Cl)c12. The van der Waals surface area contributed by atoms with E-state index in [9.17, 15) is 0 Å². The minimum Gasteiger partial charge on any atom is -0.455 e. The molecule has 0 bridgehead atoms. The number of hydrogen-bond donors (Lipinski definition) is 0. The fourth-order valence-corrected chi connectivity index (χ4v) is 2.41. The molecule has 2 aromatic carbocycles. The monoisotopic (exact) mass is 289 g/mol. The largest absolute Gasteiger partial charge is 0.455 e. The van der Waals surface area contributed by atoms with Crippen molar-refractivity contribution in [2.75, 3.05) is 0 Å². The number of benzene rings is 2. The fourth-order valence-electron chi connectivity index (χ4n) is 1.86. The van der Waals surface area contributed by atoms with Crippen molar-refractivity contribution in [3.63, 3.8) is 0 Å². The maximum atomic E-state index is 6.16. The van der Waals surface area contributed by atoms with E-state index >= 15 is 0 Å². The summed E-state index contributed by atoms with van der Waals surface area (Å²) in [6.45, 7) is 0. The van der Waals surface area contributed by atoms with E-state index in [4.69, 9.17) is 27.9 Å². The number of para-hydroxylation sites is 1. The highest BCUT2D eigenvalue weighted by Crippen LogP contribution is 2.36. The van der Waals surface area contributed by atoms with E-state index in [0.29, 0.717) is 26.7 Å². The van der Waals surface area contributed by atoms with Crippen LogP contribution in [0.1, 0.15) is 0 Å². The van der Waals surface area contributed by atoms with Crippen molar-refractivity contribution in [2.45, 2.75) is 0 Å². The third kappa shape index (κ3) is 2.37. The first-order valence-corrected chi connectivity index (χ1v) is 6.47. The van der Waals surface area contributed by atoms with Crippen LogP contribution in [-0.4, -0.2) is 4.98 Å². The summed E-state index contributed by atoms with van der Waals surface area (Å²) in [5.41, 5.74) is 0.656. The summed E-state index contributed by atoms with van der Waals surface area (Å²) in [6.07, 6.45) is 1.64. The summed E-state index contributed by atoms with van der Waals surface area (Å²) in [7, 11) is 0. The van der Waals surface area contributed by atoms with Crippen LogP contribution in [0.2, 0.25) is 10.0 Å². The summed E-state index contributed by atoms with van der Waals surface area (Å²) in [6, 6.07) is 14.8. The summed E-state index contributed by atoms with van der Waals surface area (Å²) in [5.74, 6) is 1.38. The van der Waals surface area contributed by atoms with Gasteiger partial charge < -0.3 is 4.74 Å². The molecule has 0 spiro atoms. The zero-order valence-corrected chi connectivity index (χ0v) is 11.3. The van der Waals surface area contributed by atoms with Crippen molar-refractivity contribution in [3.05, 3.63) is 64.8 Å². The standard InChI is InChI=1S/C15H9Cl2NO/c16-11-6-7-13(19-10-4-2-1-3-5-10)15-14(11)12(17)8-9-18-15/h1-9H. The Balaban J connectivity index is 2.15. The Kier molecular flexibility index (Phi) is 3.28. The molecule has 19 heavy (non-hydrogen) atoms. The quantitative estimate of drug-likeness (QED) is 0.636. The van der Waals surface area contributed by atoms with Crippen LogP contribution in [0.4, 0.5) is 0 Å². The molecular formula is C15H9Cl2NO. The van der Waals surface area contributed by atoms with Crippen LogP contribution in [-0.2, 0) is 0 Å². The highest BCUT2D eigenvalue weighted by atomic mass is 35.5. The highest BCUT2D eigenvalue weighted by Gasteiger charge is 2.10. The van der Waals surface area contributed by atoms with Crippen molar-refractivity contribution in [1.82, 2.24) is 4.98 Å². The molecule has 2 nitrogen and oxygen atoms in total. The van der Waals surface area contributed by atoms with Crippen molar-refractivity contribution in [3.8, 4) is 11.5 Å². The molecule has 0 saturated heterocycles. The van der Waals surface area contributed by atoms with Gasteiger partial charge in [-0.2, -0.15) is 0 Å². The molecule has 0 amide bonds. The number of fused-ring (bicyclic) bond motifs is 1. The van der Waals surface area contributed by atoms with Crippen molar-refractivity contribution in [1.29, 1.82) is 0 Å². The molecule has 94 valence electrons. The number of ether oxygens (including phenoxy) is 1. The lowest BCUT2D eigenvalue weighted by molar-refractivity contribution is 0.487. The van der Waals surface area contributed by atoms with Gasteiger partial charge in [0.1, 0.15) is 11.3 Å². The molecule has 0 atom stereocenters. The molecule has 3 aromatic rings. The average molecular weight is 290 g/mol. The first-order valence-electron chi connectivity index (χ1n) is 5.71. The van der Waals surface area contributed by atoms with Crippen LogP contribution in [0, 0.1) is 0 Å². The van der Waals surface area contributed by atoms with E-state index in [1.54, 1.807) is 24.4 Å². The van der Waals surface area contributed by atoms with Crippen LogP contribution < -0.4 is 4.74 Å². The minimum atomic E-state index is 0.563. The van der Waals surface area contributed by atoms with Crippen LogP contribution in [0.5, 0.6) is 11.5 Å². The predicted octanol–water partition coefficient (Wildman–Crippen LogP) is 5.33. The number of aromatic nitrogens is 1. The van der Waals surface area contributed by atoms with Gasteiger partial charge in [0.05, 0.1) is 10.0 Å². The summed E-state index contributed by atoms with van der Waals surface area (Å²) in [5, 5.41) is 1.83. The zero-order valence-electron chi connectivity index (χ0n) is 9.81. The van der Waals surface area contributed by atoms with Crippen molar-refractivity contribution >= 4 is 34.1 Å². The van der Waals surface area contributed by atoms with Crippen LogP contribution >= 0.6 is 23.2 Å². The lowest BCUT2D eigenvalue weighted by Crippen LogP contribution is -1.89. The topological polar surface area (TPSA) is 22.1 Å². The van der Waals surface area contributed by atoms with Gasteiger partial charge in [-0.05, 0) is 30.3 Å². The molecule has 0 N–H and O–H groups in total. The maximum Gasteiger partial charge on any atom is 0.153 e. The van der Waals surface area contributed by atoms with E-state index < -0.39 is 0 Å². The molecule has 3 rings (SSSR count). The summed E-state index contributed by atoms with van der Waals surface area (Å²) < 4.78 is 5.82. The average Bonchev–Trinajstić information content (AvgIpc) is 2.43. The van der Waals surface area contributed by atoms with E-state index in [-0.39, 0.29) is 0 Å². The molecule has 0 fully saturated rings. The molecular weight excluding hydrogens is 281 g/mol. The first kappa shape index (κ1) is 12.3. The van der Waals surface area contributed by atoms with Gasteiger partial charge in [-0.25, -0.2) is 0 Å².